The van der Waals surface area contributed by atoms with E-state index < -0.39 is 6.04 Å². The number of guanidine groups is 1. The molecule has 0 unspecified atom stereocenters. The first-order valence-electron chi connectivity index (χ1n) is 14.3. The molecule has 0 saturated carbocycles. The van der Waals surface area contributed by atoms with Gasteiger partial charge in [-0.2, -0.15) is 0 Å². The largest absolute Gasteiger partial charge is 0.508 e. The van der Waals surface area contributed by atoms with Crippen LogP contribution in [-0.4, -0.2) is 66.0 Å². The molecule has 1 fully saturated rings. The number of nitrogens with zero attached hydrogens (tertiary/aromatic N) is 2. The first kappa shape index (κ1) is 30.3. The van der Waals surface area contributed by atoms with E-state index in [9.17, 15) is 14.7 Å². The maximum atomic E-state index is 13.9. The average Bonchev–Trinajstić information content (AvgIpc) is 3.15. The highest BCUT2D eigenvalue weighted by molar-refractivity contribution is 5.91. The third-order valence-corrected chi connectivity index (χ3v) is 7.39. The minimum absolute atomic E-state index is 0.0277. The summed E-state index contributed by atoms with van der Waals surface area (Å²) in [6.45, 7) is 1.93. The van der Waals surface area contributed by atoms with Gasteiger partial charge in [0.25, 0.3) is 0 Å². The highest BCUT2D eigenvalue weighted by Crippen LogP contribution is 2.27. The van der Waals surface area contributed by atoms with Crippen LogP contribution in [0.15, 0.2) is 96.0 Å². The minimum Gasteiger partial charge on any atom is -0.508 e. The van der Waals surface area contributed by atoms with Gasteiger partial charge in [-0.05, 0) is 54.2 Å². The van der Waals surface area contributed by atoms with Gasteiger partial charge in [-0.1, -0.05) is 72.8 Å². The number of hydrogen-bond acceptors (Lipinski definition) is 5. The lowest BCUT2D eigenvalue weighted by Gasteiger charge is -2.29. The van der Waals surface area contributed by atoms with Crippen LogP contribution in [0.25, 0.3) is 6.08 Å². The first-order chi connectivity index (χ1) is 20.4. The van der Waals surface area contributed by atoms with Crippen LogP contribution in [0.4, 0.5) is 0 Å². The summed E-state index contributed by atoms with van der Waals surface area (Å²) in [5, 5.41) is 15.9. The van der Waals surface area contributed by atoms with Crippen LogP contribution in [0, 0.1) is 0 Å². The number of phenolic OH excluding ortho intramolecular Hbond substituents is 1. The number of nitrogens with one attached hydrogen (secondary N) is 2. The molecule has 0 aromatic heterocycles. The summed E-state index contributed by atoms with van der Waals surface area (Å²) >= 11 is 0. The molecular weight excluding hydrogens is 528 g/mol. The van der Waals surface area contributed by atoms with E-state index in [1.165, 1.54) is 6.08 Å². The number of aliphatic imine (C=N–C) groups is 1. The lowest BCUT2D eigenvalue weighted by atomic mass is 9.90. The van der Waals surface area contributed by atoms with Crippen LogP contribution in [0.1, 0.15) is 41.9 Å². The Morgan fingerprint density at radius 2 is 1.67 bits per heavy atom. The Kier molecular flexibility index (Phi) is 11.1. The molecule has 9 nitrogen and oxygen atoms in total. The van der Waals surface area contributed by atoms with E-state index in [0.717, 1.165) is 16.7 Å². The fraction of sp³-hybridized carbons (Fsp3) is 0.303. The summed E-state index contributed by atoms with van der Waals surface area (Å²) in [7, 11) is 0. The van der Waals surface area contributed by atoms with Crippen LogP contribution < -0.4 is 22.1 Å². The minimum atomic E-state index is -0.427. The number of amides is 2. The molecule has 0 spiro atoms. The SMILES string of the molecule is NC(N)=NCCC[C@@H]1N[C@H](CNC(=O)C=Cc2ccc(O)cc2)CCN(CC(c2ccccc2)c2ccccc2)C1=O. The fourth-order valence-electron chi connectivity index (χ4n) is 5.17. The zero-order valence-electron chi connectivity index (χ0n) is 23.7. The second-order valence-corrected chi connectivity index (χ2v) is 10.5. The van der Waals surface area contributed by atoms with E-state index in [2.05, 4.69) is 39.9 Å². The summed E-state index contributed by atoms with van der Waals surface area (Å²) in [6.07, 6.45) is 5.06. The maximum absolute atomic E-state index is 13.9. The van der Waals surface area contributed by atoms with Crippen LogP contribution in [0.2, 0.25) is 0 Å². The number of carbonyl (C=O) groups is 2. The lowest BCUT2D eigenvalue weighted by Crippen LogP contribution is -2.49. The molecular formula is C33H40N6O3. The van der Waals surface area contributed by atoms with Crippen molar-refractivity contribution < 1.29 is 14.7 Å². The molecule has 3 aromatic rings. The van der Waals surface area contributed by atoms with Crippen molar-refractivity contribution in [3.63, 3.8) is 0 Å². The Labute approximate surface area is 247 Å². The number of phenols is 1. The molecule has 0 bridgehead atoms. The Morgan fingerprint density at radius 3 is 2.29 bits per heavy atom. The molecule has 0 radical (unpaired) electrons. The Morgan fingerprint density at radius 1 is 1.02 bits per heavy atom. The van der Waals surface area contributed by atoms with Gasteiger partial charge in [0.15, 0.2) is 5.96 Å². The van der Waals surface area contributed by atoms with Gasteiger partial charge in [0.1, 0.15) is 5.75 Å². The van der Waals surface area contributed by atoms with Crippen molar-refractivity contribution in [1.82, 2.24) is 15.5 Å². The molecule has 7 N–H and O–H groups in total. The van der Waals surface area contributed by atoms with Crippen molar-refractivity contribution in [3.8, 4) is 5.75 Å². The van der Waals surface area contributed by atoms with Gasteiger partial charge >= 0.3 is 0 Å². The molecule has 2 amide bonds. The molecule has 220 valence electrons. The van der Waals surface area contributed by atoms with E-state index in [4.69, 9.17) is 11.5 Å². The number of nitrogens with two attached hydrogens (primary N) is 2. The quantitative estimate of drug-likeness (QED) is 0.0983. The average molecular weight is 569 g/mol. The van der Waals surface area contributed by atoms with E-state index in [-0.39, 0.29) is 35.5 Å². The van der Waals surface area contributed by atoms with Crippen molar-refractivity contribution in [2.24, 2.45) is 16.5 Å². The van der Waals surface area contributed by atoms with E-state index in [1.54, 1.807) is 30.3 Å². The molecule has 3 aromatic carbocycles. The molecule has 1 aliphatic heterocycles. The van der Waals surface area contributed by atoms with Gasteiger partial charge in [-0.25, -0.2) is 0 Å². The summed E-state index contributed by atoms with van der Waals surface area (Å²) in [4.78, 5) is 32.5. The topological polar surface area (TPSA) is 146 Å². The van der Waals surface area contributed by atoms with Crippen LogP contribution in [-0.2, 0) is 9.59 Å². The Balaban J connectivity index is 1.46. The molecule has 1 saturated heterocycles. The second kappa shape index (κ2) is 15.4. The number of aromatic hydroxyl groups is 1. The van der Waals surface area contributed by atoms with Crippen molar-refractivity contribution in [2.75, 3.05) is 26.2 Å². The van der Waals surface area contributed by atoms with Crippen molar-refractivity contribution in [1.29, 1.82) is 0 Å². The molecule has 42 heavy (non-hydrogen) atoms. The fourth-order valence-corrected chi connectivity index (χ4v) is 5.17. The van der Waals surface area contributed by atoms with E-state index in [0.29, 0.717) is 45.4 Å². The predicted octanol–water partition coefficient (Wildman–Crippen LogP) is 2.97. The predicted molar refractivity (Wildman–Crippen MR) is 167 cm³/mol. The summed E-state index contributed by atoms with van der Waals surface area (Å²) in [5.41, 5.74) is 14.1. The molecule has 9 heteroatoms. The molecule has 2 atom stereocenters. The van der Waals surface area contributed by atoms with E-state index >= 15 is 0 Å². The van der Waals surface area contributed by atoms with E-state index in [1.807, 2.05) is 41.3 Å². The van der Waals surface area contributed by atoms with Crippen LogP contribution in [0.5, 0.6) is 5.75 Å². The molecule has 4 rings (SSSR count). The molecule has 0 aliphatic carbocycles. The summed E-state index contributed by atoms with van der Waals surface area (Å²) < 4.78 is 0. The monoisotopic (exact) mass is 568 g/mol. The maximum Gasteiger partial charge on any atom is 0.244 e. The second-order valence-electron chi connectivity index (χ2n) is 10.5. The number of hydrogen-bond donors (Lipinski definition) is 5. The highest BCUT2D eigenvalue weighted by atomic mass is 16.3. The molecule has 1 heterocycles. The summed E-state index contributed by atoms with van der Waals surface area (Å²) in [5.74, 6) is 0.0463. The standard InChI is InChI=1S/C33H40N6O3/c34-33(35)36-20-7-12-30-32(42)39(23-29(25-8-3-1-4-9-25)26-10-5-2-6-11-26)21-19-27(38-30)22-37-31(41)18-15-24-13-16-28(40)17-14-24/h1-6,8-11,13-18,27,29-30,38,40H,7,12,19-23H2,(H,37,41)(H4,34,35,36)/t27-,30-/m0/s1. The van der Waals surface area contributed by atoms with Gasteiger partial charge in [-0.15, -0.1) is 0 Å². The van der Waals surface area contributed by atoms with Crippen LogP contribution >= 0.6 is 0 Å². The van der Waals surface area contributed by atoms with Crippen molar-refractivity contribution in [3.05, 3.63) is 108 Å². The van der Waals surface area contributed by atoms with Crippen LogP contribution in [0.3, 0.4) is 0 Å². The first-order valence-corrected chi connectivity index (χ1v) is 14.3. The normalized spacial score (nSPS) is 17.3. The highest BCUT2D eigenvalue weighted by Gasteiger charge is 2.32. The van der Waals surface area contributed by atoms with Gasteiger partial charge in [0.2, 0.25) is 11.8 Å². The Bertz CT molecular complexity index is 1300. The van der Waals surface area contributed by atoms with Gasteiger partial charge < -0.3 is 32.1 Å². The number of carbonyl (C=O) groups excluding carboxylic acids is 2. The third-order valence-electron chi connectivity index (χ3n) is 7.39. The Hall–Kier alpha value is -4.63. The number of rotatable bonds is 12. The van der Waals surface area contributed by atoms with Crippen molar-refractivity contribution >= 4 is 23.8 Å². The third kappa shape index (κ3) is 9.21. The zero-order valence-corrected chi connectivity index (χ0v) is 23.7. The van der Waals surface area contributed by atoms with Gasteiger partial charge in [0, 0.05) is 44.2 Å². The van der Waals surface area contributed by atoms with Gasteiger partial charge in [0.05, 0.1) is 6.04 Å². The lowest BCUT2D eigenvalue weighted by molar-refractivity contribution is -0.133. The van der Waals surface area contributed by atoms with Gasteiger partial charge in [-0.3, -0.25) is 14.6 Å². The zero-order chi connectivity index (χ0) is 29.7. The molecule has 1 aliphatic rings. The smallest absolute Gasteiger partial charge is 0.244 e. The van der Waals surface area contributed by atoms with Crippen molar-refractivity contribution in [2.45, 2.75) is 37.3 Å². The number of benzene rings is 3. The summed E-state index contributed by atoms with van der Waals surface area (Å²) in [6, 6.07) is 26.6.